The number of anilines is 1. The maximum atomic E-state index is 12.1. The third-order valence-corrected chi connectivity index (χ3v) is 3.69. The molecule has 2 rings (SSSR count). The number of thiazole rings is 1. The van der Waals surface area contributed by atoms with Gasteiger partial charge in [0.2, 0.25) is 0 Å². The highest BCUT2D eigenvalue weighted by Gasteiger charge is 2.12. The van der Waals surface area contributed by atoms with Crippen LogP contribution in [0.15, 0.2) is 23.6 Å². The van der Waals surface area contributed by atoms with Gasteiger partial charge in [0, 0.05) is 18.3 Å². The first kappa shape index (κ1) is 14.3. The highest BCUT2D eigenvalue weighted by Crippen LogP contribution is 2.24. The minimum absolute atomic E-state index is 0.201. The van der Waals surface area contributed by atoms with E-state index in [9.17, 15) is 4.79 Å². The van der Waals surface area contributed by atoms with E-state index in [1.165, 1.54) is 7.11 Å². The number of aryl methyl sites for hydroxylation is 1. The number of carbonyl (C=O) groups excluding carboxylic acids is 1. The number of amides is 1. The standard InChI is InChI=1S/C14H17N3O2S/c1-9-17-10(8-20-9)6-7-16-14(18)11-4-3-5-12(19-2)13(11)15/h3-5,8H,6-7,15H2,1-2H3,(H,16,18). The highest BCUT2D eigenvalue weighted by molar-refractivity contribution is 7.09. The van der Waals surface area contributed by atoms with Gasteiger partial charge in [-0.05, 0) is 19.1 Å². The Bertz CT molecular complexity index is 610. The van der Waals surface area contributed by atoms with Gasteiger partial charge >= 0.3 is 0 Å². The van der Waals surface area contributed by atoms with Gasteiger partial charge in [0.25, 0.3) is 5.91 Å². The second kappa shape index (κ2) is 6.38. The summed E-state index contributed by atoms with van der Waals surface area (Å²) in [5.41, 5.74) is 7.66. The average Bonchev–Trinajstić information content (AvgIpc) is 2.84. The molecule has 6 heteroatoms. The van der Waals surface area contributed by atoms with Gasteiger partial charge in [-0.15, -0.1) is 11.3 Å². The van der Waals surface area contributed by atoms with E-state index in [0.717, 1.165) is 10.7 Å². The second-order valence-electron chi connectivity index (χ2n) is 4.29. The lowest BCUT2D eigenvalue weighted by atomic mass is 10.1. The number of nitrogen functional groups attached to an aromatic ring is 1. The molecule has 0 aliphatic heterocycles. The van der Waals surface area contributed by atoms with Crippen molar-refractivity contribution in [1.82, 2.24) is 10.3 Å². The molecule has 0 bridgehead atoms. The van der Waals surface area contributed by atoms with Gasteiger partial charge in [0.1, 0.15) is 5.75 Å². The predicted octanol–water partition coefficient (Wildman–Crippen LogP) is 2.01. The highest BCUT2D eigenvalue weighted by atomic mass is 32.1. The van der Waals surface area contributed by atoms with Crippen LogP contribution >= 0.6 is 11.3 Å². The molecule has 1 aromatic carbocycles. The molecular weight excluding hydrogens is 274 g/mol. The van der Waals surface area contributed by atoms with E-state index in [4.69, 9.17) is 10.5 Å². The molecular formula is C14H17N3O2S. The van der Waals surface area contributed by atoms with Crippen LogP contribution in [0.1, 0.15) is 21.1 Å². The Hall–Kier alpha value is -2.08. The number of aromatic nitrogens is 1. The monoisotopic (exact) mass is 291 g/mol. The number of nitrogens with one attached hydrogen (secondary N) is 1. The minimum Gasteiger partial charge on any atom is -0.495 e. The zero-order chi connectivity index (χ0) is 14.5. The molecule has 5 nitrogen and oxygen atoms in total. The van der Waals surface area contributed by atoms with Crippen molar-refractivity contribution < 1.29 is 9.53 Å². The van der Waals surface area contributed by atoms with Crippen molar-refractivity contribution in [1.29, 1.82) is 0 Å². The van der Waals surface area contributed by atoms with Gasteiger partial charge in [-0.2, -0.15) is 0 Å². The molecule has 0 aliphatic rings. The summed E-state index contributed by atoms with van der Waals surface area (Å²) in [5.74, 6) is 0.307. The number of ether oxygens (including phenoxy) is 1. The molecule has 1 aromatic heterocycles. The van der Waals surface area contributed by atoms with Crippen LogP contribution in [0.5, 0.6) is 5.75 Å². The number of rotatable bonds is 5. The van der Waals surface area contributed by atoms with Crippen LogP contribution < -0.4 is 15.8 Å². The Kier molecular flexibility index (Phi) is 4.57. The number of hydrogen-bond donors (Lipinski definition) is 2. The minimum atomic E-state index is -0.201. The Balaban J connectivity index is 1.95. The number of nitrogens with zero attached hydrogens (tertiary/aromatic N) is 1. The van der Waals surface area contributed by atoms with Gasteiger partial charge in [-0.1, -0.05) is 6.07 Å². The normalized spacial score (nSPS) is 10.3. The second-order valence-corrected chi connectivity index (χ2v) is 5.35. The van der Waals surface area contributed by atoms with Crippen molar-refractivity contribution in [3.05, 3.63) is 39.8 Å². The zero-order valence-electron chi connectivity index (χ0n) is 11.5. The number of nitrogens with two attached hydrogens (primary N) is 1. The molecule has 106 valence electrons. The first-order valence-electron chi connectivity index (χ1n) is 6.23. The summed E-state index contributed by atoms with van der Waals surface area (Å²) < 4.78 is 5.10. The van der Waals surface area contributed by atoms with E-state index in [2.05, 4.69) is 10.3 Å². The largest absolute Gasteiger partial charge is 0.495 e. The van der Waals surface area contributed by atoms with Crippen LogP contribution in [-0.4, -0.2) is 24.5 Å². The summed E-state index contributed by atoms with van der Waals surface area (Å²) in [6, 6.07) is 5.15. The van der Waals surface area contributed by atoms with E-state index in [1.54, 1.807) is 29.5 Å². The third kappa shape index (κ3) is 3.27. The number of benzene rings is 1. The summed E-state index contributed by atoms with van der Waals surface area (Å²) >= 11 is 1.61. The molecule has 0 saturated heterocycles. The maximum absolute atomic E-state index is 12.1. The number of carbonyl (C=O) groups is 1. The van der Waals surface area contributed by atoms with Gasteiger partial charge in [0.15, 0.2) is 0 Å². The fourth-order valence-electron chi connectivity index (χ4n) is 1.84. The zero-order valence-corrected chi connectivity index (χ0v) is 12.3. The molecule has 1 heterocycles. The number of para-hydroxylation sites is 1. The summed E-state index contributed by atoms with van der Waals surface area (Å²) in [5, 5.41) is 5.87. The number of hydrogen-bond acceptors (Lipinski definition) is 5. The van der Waals surface area contributed by atoms with Crippen LogP contribution in [0.25, 0.3) is 0 Å². The summed E-state index contributed by atoms with van der Waals surface area (Å²) in [6.45, 7) is 2.49. The first-order chi connectivity index (χ1) is 9.61. The van der Waals surface area contributed by atoms with Crippen LogP contribution in [-0.2, 0) is 6.42 Å². The summed E-state index contributed by atoms with van der Waals surface area (Å²) in [6.07, 6.45) is 0.708. The lowest BCUT2D eigenvalue weighted by Gasteiger charge is -2.10. The molecule has 0 aliphatic carbocycles. The SMILES string of the molecule is COc1cccc(C(=O)NCCc2csc(C)n2)c1N. The Morgan fingerprint density at radius 3 is 2.95 bits per heavy atom. The van der Waals surface area contributed by atoms with Crippen molar-refractivity contribution >= 4 is 22.9 Å². The molecule has 0 radical (unpaired) electrons. The van der Waals surface area contributed by atoms with Crippen molar-refractivity contribution in [3.63, 3.8) is 0 Å². The summed E-state index contributed by atoms with van der Waals surface area (Å²) in [4.78, 5) is 16.4. The van der Waals surface area contributed by atoms with Crippen molar-refractivity contribution in [2.75, 3.05) is 19.4 Å². The lowest BCUT2D eigenvalue weighted by Crippen LogP contribution is -2.26. The smallest absolute Gasteiger partial charge is 0.253 e. The van der Waals surface area contributed by atoms with E-state index in [1.807, 2.05) is 12.3 Å². The van der Waals surface area contributed by atoms with Gasteiger partial charge in [-0.3, -0.25) is 4.79 Å². The fraction of sp³-hybridized carbons (Fsp3) is 0.286. The first-order valence-corrected chi connectivity index (χ1v) is 7.11. The predicted molar refractivity (Wildman–Crippen MR) is 80.3 cm³/mol. The van der Waals surface area contributed by atoms with Gasteiger partial charge < -0.3 is 15.8 Å². The van der Waals surface area contributed by atoms with Crippen LogP contribution in [0.4, 0.5) is 5.69 Å². The van der Waals surface area contributed by atoms with Crippen molar-refractivity contribution in [2.24, 2.45) is 0 Å². The fourth-order valence-corrected chi connectivity index (χ4v) is 2.49. The van der Waals surface area contributed by atoms with Crippen molar-refractivity contribution in [3.8, 4) is 5.75 Å². The van der Waals surface area contributed by atoms with Gasteiger partial charge in [0.05, 0.1) is 29.1 Å². The van der Waals surface area contributed by atoms with Crippen LogP contribution in [0.2, 0.25) is 0 Å². The van der Waals surface area contributed by atoms with E-state index in [-0.39, 0.29) is 5.91 Å². The lowest BCUT2D eigenvalue weighted by molar-refractivity contribution is 0.0954. The van der Waals surface area contributed by atoms with Crippen LogP contribution in [0.3, 0.4) is 0 Å². The molecule has 2 aromatic rings. The Morgan fingerprint density at radius 1 is 1.50 bits per heavy atom. The van der Waals surface area contributed by atoms with E-state index in [0.29, 0.717) is 30.0 Å². The Morgan fingerprint density at radius 2 is 2.30 bits per heavy atom. The average molecular weight is 291 g/mol. The van der Waals surface area contributed by atoms with Crippen LogP contribution in [0, 0.1) is 6.92 Å². The Labute approximate surface area is 121 Å². The molecule has 0 spiro atoms. The molecule has 1 amide bonds. The van der Waals surface area contributed by atoms with Crippen molar-refractivity contribution in [2.45, 2.75) is 13.3 Å². The molecule has 0 unspecified atom stereocenters. The maximum Gasteiger partial charge on any atom is 0.253 e. The topological polar surface area (TPSA) is 77.2 Å². The quantitative estimate of drug-likeness (QED) is 0.826. The molecule has 0 saturated carbocycles. The van der Waals surface area contributed by atoms with Gasteiger partial charge in [-0.25, -0.2) is 4.98 Å². The molecule has 3 N–H and O–H groups in total. The van der Waals surface area contributed by atoms with E-state index >= 15 is 0 Å². The molecule has 0 fully saturated rings. The molecule has 0 atom stereocenters. The third-order valence-electron chi connectivity index (χ3n) is 2.86. The van der Waals surface area contributed by atoms with E-state index < -0.39 is 0 Å². The number of methoxy groups -OCH3 is 1. The molecule has 20 heavy (non-hydrogen) atoms. The summed E-state index contributed by atoms with van der Waals surface area (Å²) in [7, 11) is 1.53.